The molecule has 31 heavy (non-hydrogen) atoms. The van der Waals surface area contributed by atoms with Crippen LogP contribution in [0, 0.1) is 5.92 Å². The fourth-order valence-electron chi connectivity index (χ4n) is 4.41. The summed E-state index contributed by atoms with van der Waals surface area (Å²) >= 11 is 0. The highest BCUT2D eigenvalue weighted by atomic mass is 16.5. The normalized spacial score (nSPS) is 20.0. The van der Waals surface area contributed by atoms with Crippen LogP contribution in [0.5, 0.6) is 0 Å². The molecule has 0 bridgehead atoms. The number of ether oxygens (including phenoxy) is 1. The van der Waals surface area contributed by atoms with Crippen LogP contribution in [0.1, 0.15) is 24.0 Å². The van der Waals surface area contributed by atoms with Crippen LogP contribution in [-0.2, 0) is 22.6 Å². The van der Waals surface area contributed by atoms with Gasteiger partial charge >= 0.3 is 6.03 Å². The SMILES string of the molecule is O=C1CN(Cc2ccc(-c3ccccc3CN3CCOCC3)cc2)C(=O)N1CC1CC1. The van der Waals surface area contributed by atoms with Crippen molar-refractivity contribution in [3.63, 3.8) is 0 Å². The molecule has 1 aliphatic carbocycles. The lowest BCUT2D eigenvalue weighted by Gasteiger charge is -2.27. The van der Waals surface area contributed by atoms with Gasteiger partial charge in [0.05, 0.1) is 13.2 Å². The molecular formula is C25H29N3O3. The first-order valence-electron chi connectivity index (χ1n) is 11.2. The van der Waals surface area contributed by atoms with Crippen molar-refractivity contribution in [2.24, 2.45) is 5.92 Å². The van der Waals surface area contributed by atoms with Gasteiger partial charge < -0.3 is 9.64 Å². The highest BCUT2D eigenvalue weighted by Gasteiger charge is 2.39. The van der Waals surface area contributed by atoms with Crippen molar-refractivity contribution in [2.75, 3.05) is 39.4 Å². The predicted molar refractivity (Wildman–Crippen MR) is 118 cm³/mol. The van der Waals surface area contributed by atoms with Gasteiger partial charge in [0.1, 0.15) is 6.54 Å². The van der Waals surface area contributed by atoms with Crippen LogP contribution in [0.25, 0.3) is 11.1 Å². The number of carbonyl (C=O) groups is 2. The Labute approximate surface area is 183 Å². The molecule has 0 atom stereocenters. The summed E-state index contributed by atoms with van der Waals surface area (Å²) in [6, 6.07) is 16.8. The van der Waals surface area contributed by atoms with Crippen molar-refractivity contribution in [3.05, 3.63) is 59.7 Å². The van der Waals surface area contributed by atoms with Crippen molar-refractivity contribution in [2.45, 2.75) is 25.9 Å². The summed E-state index contributed by atoms with van der Waals surface area (Å²) in [7, 11) is 0. The standard InChI is InChI=1S/C25H29N3O3/c29-24-18-27(25(30)28(24)16-20-5-6-20)15-19-7-9-21(10-8-19)23-4-2-1-3-22(23)17-26-11-13-31-14-12-26/h1-4,7-10,20H,5-6,11-18H2. The summed E-state index contributed by atoms with van der Waals surface area (Å²) in [4.78, 5) is 30.4. The Morgan fingerprint density at radius 1 is 0.903 bits per heavy atom. The molecule has 2 aromatic carbocycles. The fraction of sp³-hybridized carbons (Fsp3) is 0.440. The third-order valence-electron chi connectivity index (χ3n) is 6.42. The minimum Gasteiger partial charge on any atom is -0.379 e. The number of urea groups is 1. The number of rotatable bonds is 7. The smallest absolute Gasteiger partial charge is 0.327 e. The maximum absolute atomic E-state index is 12.6. The topological polar surface area (TPSA) is 53.1 Å². The van der Waals surface area contributed by atoms with Gasteiger partial charge in [0, 0.05) is 32.7 Å². The van der Waals surface area contributed by atoms with Gasteiger partial charge in [-0.3, -0.25) is 14.6 Å². The number of amides is 3. The van der Waals surface area contributed by atoms with Crippen molar-refractivity contribution in [1.82, 2.24) is 14.7 Å². The van der Waals surface area contributed by atoms with E-state index in [1.807, 2.05) is 0 Å². The highest BCUT2D eigenvalue weighted by Crippen LogP contribution is 2.31. The first-order chi connectivity index (χ1) is 15.2. The van der Waals surface area contributed by atoms with Crippen molar-refractivity contribution in [1.29, 1.82) is 0 Å². The van der Waals surface area contributed by atoms with E-state index in [2.05, 4.69) is 53.4 Å². The number of imide groups is 1. The van der Waals surface area contributed by atoms with E-state index in [9.17, 15) is 9.59 Å². The second-order valence-electron chi connectivity index (χ2n) is 8.83. The second kappa shape index (κ2) is 8.81. The molecule has 3 fully saturated rings. The third-order valence-corrected chi connectivity index (χ3v) is 6.42. The minimum absolute atomic E-state index is 0.0643. The Morgan fingerprint density at radius 3 is 2.39 bits per heavy atom. The first kappa shape index (κ1) is 20.2. The molecule has 3 amide bonds. The van der Waals surface area contributed by atoms with Gasteiger partial charge in [-0.05, 0) is 41.0 Å². The van der Waals surface area contributed by atoms with E-state index in [1.54, 1.807) is 4.90 Å². The molecule has 6 heteroatoms. The van der Waals surface area contributed by atoms with Gasteiger partial charge in [-0.25, -0.2) is 4.79 Å². The van der Waals surface area contributed by atoms with Gasteiger partial charge in [-0.1, -0.05) is 48.5 Å². The van der Waals surface area contributed by atoms with Crippen LogP contribution in [0.15, 0.2) is 48.5 Å². The van der Waals surface area contributed by atoms with Crippen LogP contribution in [0.2, 0.25) is 0 Å². The first-order valence-corrected chi connectivity index (χ1v) is 11.2. The zero-order chi connectivity index (χ0) is 21.2. The number of morpholine rings is 1. The molecule has 3 aliphatic rings. The largest absolute Gasteiger partial charge is 0.379 e. The van der Waals surface area contributed by atoms with E-state index < -0.39 is 0 Å². The minimum atomic E-state index is -0.142. The summed E-state index contributed by atoms with van der Waals surface area (Å²) < 4.78 is 5.47. The molecule has 0 unspecified atom stereocenters. The monoisotopic (exact) mass is 419 g/mol. The lowest BCUT2D eigenvalue weighted by molar-refractivity contribution is -0.125. The van der Waals surface area contributed by atoms with Crippen molar-refractivity contribution >= 4 is 11.9 Å². The summed E-state index contributed by atoms with van der Waals surface area (Å²) in [6.45, 7) is 5.70. The Hall–Kier alpha value is -2.70. The Kier molecular flexibility index (Phi) is 5.74. The number of hydrogen-bond donors (Lipinski definition) is 0. The zero-order valence-electron chi connectivity index (χ0n) is 17.8. The Bertz CT molecular complexity index is 949. The molecular weight excluding hydrogens is 390 g/mol. The van der Waals surface area contributed by atoms with E-state index in [4.69, 9.17) is 4.74 Å². The number of hydrogen-bond acceptors (Lipinski definition) is 4. The van der Waals surface area contributed by atoms with Gasteiger partial charge in [0.15, 0.2) is 0 Å². The third kappa shape index (κ3) is 4.65. The van der Waals surface area contributed by atoms with Crippen LogP contribution in [-0.4, -0.2) is 66.0 Å². The quantitative estimate of drug-likeness (QED) is 0.646. The van der Waals surface area contributed by atoms with Gasteiger partial charge in [0.2, 0.25) is 5.91 Å². The van der Waals surface area contributed by atoms with E-state index in [0.717, 1.165) is 51.3 Å². The molecule has 162 valence electrons. The molecule has 1 saturated carbocycles. The van der Waals surface area contributed by atoms with E-state index in [-0.39, 0.29) is 18.5 Å². The van der Waals surface area contributed by atoms with Crippen LogP contribution in [0.3, 0.4) is 0 Å². The van der Waals surface area contributed by atoms with E-state index >= 15 is 0 Å². The molecule has 2 aliphatic heterocycles. The highest BCUT2D eigenvalue weighted by molar-refractivity contribution is 6.02. The van der Waals surface area contributed by atoms with Crippen molar-refractivity contribution in [3.8, 4) is 11.1 Å². The summed E-state index contributed by atoms with van der Waals surface area (Å²) in [5.41, 5.74) is 4.77. The Morgan fingerprint density at radius 2 is 1.65 bits per heavy atom. The average molecular weight is 420 g/mol. The summed E-state index contributed by atoms with van der Waals surface area (Å²) in [5.74, 6) is 0.454. The molecule has 0 spiro atoms. The number of carbonyl (C=O) groups excluding carboxylic acids is 2. The van der Waals surface area contributed by atoms with E-state index in [1.165, 1.54) is 21.6 Å². The maximum Gasteiger partial charge on any atom is 0.327 e. The lowest BCUT2D eigenvalue weighted by Crippen LogP contribution is -2.35. The summed E-state index contributed by atoms with van der Waals surface area (Å²) in [6.07, 6.45) is 2.26. The molecule has 0 N–H and O–H groups in total. The molecule has 0 aromatic heterocycles. The molecule has 2 heterocycles. The van der Waals surface area contributed by atoms with Gasteiger partial charge in [0.25, 0.3) is 0 Å². The zero-order valence-corrected chi connectivity index (χ0v) is 17.8. The molecule has 6 nitrogen and oxygen atoms in total. The summed E-state index contributed by atoms with van der Waals surface area (Å²) in [5, 5.41) is 0. The number of nitrogens with zero attached hydrogens (tertiary/aromatic N) is 3. The van der Waals surface area contributed by atoms with Crippen LogP contribution in [0.4, 0.5) is 4.79 Å². The van der Waals surface area contributed by atoms with E-state index in [0.29, 0.717) is 19.0 Å². The maximum atomic E-state index is 12.6. The molecule has 2 saturated heterocycles. The predicted octanol–water partition coefficient (Wildman–Crippen LogP) is 3.36. The van der Waals surface area contributed by atoms with Gasteiger partial charge in [-0.15, -0.1) is 0 Å². The fourth-order valence-corrected chi connectivity index (χ4v) is 4.41. The molecule has 2 aromatic rings. The van der Waals surface area contributed by atoms with Crippen molar-refractivity contribution < 1.29 is 14.3 Å². The molecule has 5 rings (SSSR count). The van der Waals surface area contributed by atoms with Crippen LogP contribution < -0.4 is 0 Å². The Balaban J connectivity index is 1.26. The molecule has 0 radical (unpaired) electrons. The van der Waals surface area contributed by atoms with Gasteiger partial charge in [-0.2, -0.15) is 0 Å². The second-order valence-corrected chi connectivity index (χ2v) is 8.83. The average Bonchev–Trinajstić information content (AvgIpc) is 3.58. The van der Waals surface area contributed by atoms with Crippen LogP contribution >= 0.6 is 0 Å². The lowest BCUT2D eigenvalue weighted by atomic mass is 9.98. The number of benzene rings is 2.